The number of benzene rings is 1. The van der Waals surface area contributed by atoms with Crippen LogP contribution in [-0.2, 0) is 14.3 Å². The normalized spacial score (nSPS) is 20.0. The van der Waals surface area contributed by atoms with E-state index in [1.54, 1.807) is 51.7 Å². The minimum Gasteiger partial charge on any atom is -0.496 e. The molecule has 1 aliphatic carbocycles. The van der Waals surface area contributed by atoms with Gasteiger partial charge in [-0.3, -0.25) is 4.79 Å². The lowest BCUT2D eigenvalue weighted by Crippen LogP contribution is -2.36. The van der Waals surface area contributed by atoms with E-state index in [1.807, 2.05) is 18.4 Å². The molecule has 8 heteroatoms. The minimum absolute atomic E-state index is 0.00304. The predicted octanol–water partition coefficient (Wildman–Crippen LogP) is 4.70. The Morgan fingerprint density at radius 3 is 2.41 bits per heavy atom. The zero-order valence-corrected chi connectivity index (χ0v) is 20.8. The third kappa shape index (κ3) is 4.18. The highest BCUT2D eigenvalue weighted by molar-refractivity contribution is 7.10. The Hall–Kier alpha value is -3.26. The van der Waals surface area contributed by atoms with Crippen LogP contribution in [0.3, 0.4) is 0 Å². The molecule has 0 spiro atoms. The molecule has 34 heavy (non-hydrogen) atoms. The van der Waals surface area contributed by atoms with E-state index in [0.717, 1.165) is 5.70 Å². The lowest BCUT2D eigenvalue weighted by Gasteiger charge is -2.37. The smallest absolute Gasteiger partial charge is 0.336 e. The van der Waals surface area contributed by atoms with Gasteiger partial charge in [0, 0.05) is 45.8 Å². The maximum absolute atomic E-state index is 13.7. The van der Waals surface area contributed by atoms with Gasteiger partial charge in [-0.2, -0.15) is 0 Å². The van der Waals surface area contributed by atoms with Gasteiger partial charge in [-0.15, -0.1) is 11.3 Å². The number of carbonyl (C=O) groups is 2. The summed E-state index contributed by atoms with van der Waals surface area (Å²) in [5, 5.41) is 5.39. The SMILES string of the molecule is CCOC(=O)C1=C(C)NC2=C(C(=O)C[C@H](c3cccs3)C2)[C@H]1c1cc(OC)c(OC)cc1OC. The molecule has 2 atom stereocenters. The van der Waals surface area contributed by atoms with Crippen LogP contribution < -0.4 is 19.5 Å². The van der Waals surface area contributed by atoms with Crippen molar-refractivity contribution in [1.29, 1.82) is 0 Å². The van der Waals surface area contributed by atoms with E-state index in [4.69, 9.17) is 18.9 Å². The molecule has 0 fully saturated rings. The van der Waals surface area contributed by atoms with E-state index in [0.29, 0.717) is 52.5 Å². The first-order valence-electron chi connectivity index (χ1n) is 11.2. The molecule has 0 saturated heterocycles. The Morgan fingerprint density at radius 2 is 1.79 bits per heavy atom. The fraction of sp³-hybridized carbons (Fsp3) is 0.385. The number of allylic oxidation sites excluding steroid dienone is 3. The van der Waals surface area contributed by atoms with E-state index >= 15 is 0 Å². The lowest BCUT2D eigenvalue weighted by molar-refractivity contribution is -0.138. The third-order valence-electron chi connectivity index (χ3n) is 6.32. The number of ether oxygens (including phenoxy) is 4. The summed E-state index contributed by atoms with van der Waals surface area (Å²) in [5.41, 5.74) is 3.13. The first-order chi connectivity index (χ1) is 16.4. The average molecular weight is 484 g/mol. The molecule has 1 N–H and O–H groups in total. The molecular formula is C26H29NO6S. The molecule has 4 rings (SSSR count). The van der Waals surface area contributed by atoms with Crippen molar-refractivity contribution >= 4 is 23.1 Å². The van der Waals surface area contributed by atoms with Gasteiger partial charge in [0.15, 0.2) is 17.3 Å². The van der Waals surface area contributed by atoms with E-state index in [-0.39, 0.29) is 18.3 Å². The van der Waals surface area contributed by atoms with Gasteiger partial charge in [-0.05, 0) is 37.8 Å². The first-order valence-corrected chi connectivity index (χ1v) is 12.1. The Morgan fingerprint density at radius 1 is 1.09 bits per heavy atom. The zero-order valence-electron chi connectivity index (χ0n) is 20.0. The predicted molar refractivity (Wildman–Crippen MR) is 130 cm³/mol. The molecule has 0 saturated carbocycles. The Balaban J connectivity index is 1.91. The van der Waals surface area contributed by atoms with Crippen molar-refractivity contribution in [3.63, 3.8) is 0 Å². The van der Waals surface area contributed by atoms with Crippen LogP contribution in [0.2, 0.25) is 0 Å². The molecule has 1 aromatic carbocycles. The summed E-state index contributed by atoms with van der Waals surface area (Å²) < 4.78 is 22.1. The standard InChI is InChI=1S/C26H29NO6S/c1-6-33-26(29)23-14(2)27-17-10-15(22-8-7-9-34-22)11-18(28)25(17)24(23)16-12-20(31-4)21(32-5)13-19(16)30-3/h7-9,12-13,15,24,27H,6,10-11H2,1-5H3/t15-,24+/m1/s1. The Kier molecular flexibility index (Phi) is 6.97. The zero-order chi connectivity index (χ0) is 24.4. The number of hydrogen-bond acceptors (Lipinski definition) is 8. The molecule has 0 unspecified atom stereocenters. The number of dihydropyridines is 1. The molecule has 180 valence electrons. The van der Waals surface area contributed by atoms with Gasteiger partial charge in [0.25, 0.3) is 0 Å². The summed E-state index contributed by atoms with van der Waals surface area (Å²) in [4.78, 5) is 28.0. The van der Waals surface area contributed by atoms with Crippen molar-refractivity contribution < 1.29 is 28.5 Å². The number of carbonyl (C=O) groups excluding carboxylic acids is 2. The summed E-state index contributed by atoms with van der Waals surface area (Å²) in [7, 11) is 4.65. The number of hydrogen-bond donors (Lipinski definition) is 1. The van der Waals surface area contributed by atoms with Crippen LogP contribution in [0, 0.1) is 0 Å². The van der Waals surface area contributed by atoms with Crippen LogP contribution in [0.1, 0.15) is 49.0 Å². The molecule has 0 radical (unpaired) electrons. The monoisotopic (exact) mass is 483 g/mol. The van der Waals surface area contributed by atoms with Gasteiger partial charge in [0.05, 0.1) is 39.4 Å². The summed E-state index contributed by atoms with van der Waals surface area (Å²) in [6.45, 7) is 3.83. The number of Topliss-reactive ketones (excluding diaryl/α,β-unsaturated/α-hetero) is 1. The average Bonchev–Trinajstić information content (AvgIpc) is 3.37. The van der Waals surface area contributed by atoms with Crippen LogP contribution in [-0.4, -0.2) is 39.7 Å². The Labute approximate surface area is 203 Å². The van der Waals surface area contributed by atoms with E-state index in [2.05, 4.69) is 11.4 Å². The number of ketones is 1. The van der Waals surface area contributed by atoms with E-state index in [1.165, 1.54) is 4.88 Å². The maximum Gasteiger partial charge on any atom is 0.336 e. The number of methoxy groups -OCH3 is 3. The maximum atomic E-state index is 13.7. The third-order valence-corrected chi connectivity index (χ3v) is 7.35. The molecule has 1 aromatic heterocycles. The first kappa shape index (κ1) is 23.9. The molecule has 0 amide bonds. The second-order valence-electron chi connectivity index (χ2n) is 8.20. The number of rotatable bonds is 7. The molecule has 2 aromatic rings. The van der Waals surface area contributed by atoms with Crippen molar-refractivity contribution in [3.8, 4) is 17.2 Å². The van der Waals surface area contributed by atoms with Crippen LogP contribution in [0.5, 0.6) is 17.2 Å². The van der Waals surface area contributed by atoms with Gasteiger partial charge < -0.3 is 24.3 Å². The fourth-order valence-corrected chi connectivity index (χ4v) is 5.66. The number of thiophene rings is 1. The highest BCUT2D eigenvalue weighted by Gasteiger charge is 2.43. The van der Waals surface area contributed by atoms with Gasteiger partial charge in [0.2, 0.25) is 0 Å². The molecule has 7 nitrogen and oxygen atoms in total. The van der Waals surface area contributed by atoms with Gasteiger partial charge in [0.1, 0.15) is 5.75 Å². The largest absolute Gasteiger partial charge is 0.496 e. The van der Waals surface area contributed by atoms with Crippen LogP contribution in [0.15, 0.2) is 52.2 Å². The van der Waals surface area contributed by atoms with Crippen LogP contribution >= 0.6 is 11.3 Å². The van der Waals surface area contributed by atoms with E-state index in [9.17, 15) is 9.59 Å². The lowest BCUT2D eigenvalue weighted by atomic mass is 9.72. The summed E-state index contributed by atoms with van der Waals surface area (Å²) >= 11 is 1.66. The quantitative estimate of drug-likeness (QED) is 0.572. The van der Waals surface area contributed by atoms with Crippen molar-refractivity contribution in [2.75, 3.05) is 27.9 Å². The molecular weight excluding hydrogens is 454 g/mol. The van der Waals surface area contributed by atoms with Crippen molar-refractivity contribution in [2.45, 2.75) is 38.5 Å². The summed E-state index contributed by atoms with van der Waals surface area (Å²) in [5.74, 6) is 0.471. The number of nitrogens with one attached hydrogen (secondary N) is 1. The second kappa shape index (κ2) is 9.93. The molecule has 0 bridgehead atoms. The minimum atomic E-state index is -0.651. The van der Waals surface area contributed by atoms with Gasteiger partial charge in [-0.25, -0.2) is 4.79 Å². The van der Waals surface area contributed by atoms with Crippen molar-refractivity contribution in [2.24, 2.45) is 0 Å². The highest BCUT2D eigenvalue weighted by atomic mass is 32.1. The van der Waals surface area contributed by atoms with Crippen LogP contribution in [0.25, 0.3) is 0 Å². The van der Waals surface area contributed by atoms with Crippen molar-refractivity contribution in [3.05, 3.63) is 62.6 Å². The number of esters is 1. The summed E-state index contributed by atoms with van der Waals surface area (Å²) in [6, 6.07) is 7.57. The Bertz CT molecular complexity index is 1160. The highest BCUT2D eigenvalue weighted by Crippen LogP contribution is 2.50. The molecule has 2 heterocycles. The molecule has 1 aliphatic heterocycles. The van der Waals surface area contributed by atoms with Crippen LogP contribution in [0.4, 0.5) is 0 Å². The second-order valence-corrected chi connectivity index (χ2v) is 9.18. The summed E-state index contributed by atoms with van der Waals surface area (Å²) in [6.07, 6.45) is 1.06. The van der Waals surface area contributed by atoms with E-state index < -0.39 is 11.9 Å². The fourth-order valence-electron chi connectivity index (χ4n) is 4.83. The molecule has 2 aliphatic rings. The topological polar surface area (TPSA) is 83.1 Å². The van der Waals surface area contributed by atoms with Crippen molar-refractivity contribution in [1.82, 2.24) is 5.32 Å². The van der Waals surface area contributed by atoms with Gasteiger partial charge in [-0.1, -0.05) is 6.07 Å². The van der Waals surface area contributed by atoms with Gasteiger partial charge >= 0.3 is 5.97 Å².